The maximum Gasteiger partial charge on any atom is 0.256 e. The van der Waals surface area contributed by atoms with Crippen LogP contribution in [0.2, 0.25) is 0 Å². The van der Waals surface area contributed by atoms with Crippen LogP contribution in [0.15, 0.2) is 28.6 Å². The zero-order chi connectivity index (χ0) is 24.4. The van der Waals surface area contributed by atoms with Gasteiger partial charge in [0.1, 0.15) is 11.4 Å². The van der Waals surface area contributed by atoms with Crippen LogP contribution in [0.5, 0.6) is 0 Å². The van der Waals surface area contributed by atoms with Crippen molar-refractivity contribution in [3.05, 3.63) is 45.2 Å². The van der Waals surface area contributed by atoms with Crippen molar-refractivity contribution in [2.75, 3.05) is 38.3 Å². The summed E-state index contributed by atoms with van der Waals surface area (Å²) in [5.41, 5.74) is 0.799. The van der Waals surface area contributed by atoms with Gasteiger partial charge >= 0.3 is 0 Å². The van der Waals surface area contributed by atoms with Gasteiger partial charge in [-0.05, 0) is 32.4 Å². The first-order valence-electron chi connectivity index (χ1n) is 11.2. The summed E-state index contributed by atoms with van der Waals surface area (Å²) in [5.74, 6) is 0.0687. The van der Waals surface area contributed by atoms with Crippen molar-refractivity contribution in [2.45, 2.75) is 26.8 Å². The van der Waals surface area contributed by atoms with Crippen LogP contribution in [0, 0.1) is 12.8 Å². The number of hydrogen-bond acceptors (Lipinski definition) is 8. The van der Waals surface area contributed by atoms with Crippen molar-refractivity contribution in [3.63, 3.8) is 0 Å². The van der Waals surface area contributed by atoms with E-state index in [4.69, 9.17) is 9.72 Å². The minimum absolute atomic E-state index is 0.00382. The predicted molar refractivity (Wildman–Crippen MR) is 131 cm³/mol. The molecule has 4 heterocycles. The number of nitrogens with one attached hydrogen (secondary N) is 2. The van der Waals surface area contributed by atoms with Crippen molar-refractivity contribution < 1.29 is 14.3 Å². The molecule has 2 N–H and O–H groups in total. The Morgan fingerprint density at radius 2 is 2.12 bits per heavy atom. The van der Waals surface area contributed by atoms with E-state index < -0.39 is 5.91 Å². The van der Waals surface area contributed by atoms with E-state index >= 15 is 0 Å². The molecule has 0 saturated carbocycles. The van der Waals surface area contributed by atoms with Crippen LogP contribution in [0.25, 0.3) is 16.2 Å². The van der Waals surface area contributed by atoms with Gasteiger partial charge in [-0.15, -0.1) is 11.3 Å². The van der Waals surface area contributed by atoms with Crippen LogP contribution in [-0.2, 0) is 9.53 Å². The molecule has 4 rings (SSSR count). The Labute approximate surface area is 201 Å². The summed E-state index contributed by atoms with van der Waals surface area (Å²) in [7, 11) is 1.49. The average molecular weight is 485 g/mol. The van der Waals surface area contributed by atoms with Gasteiger partial charge in [-0.3, -0.25) is 19.0 Å². The summed E-state index contributed by atoms with van der Waals surface area (Å²) >= 11 is 1.38. The summed E-state index contributed by atoms with van der Waals surface area (Å²) in [6.07, 6.45) is 3.15. The van der Waals surface area contributed by atoms with Crippen molar-refractivity contribution in [1.82, 2.24) is 25.2 Å². The Bertz CT molecular complexity index is 1270. The second-order valence-corrected chi connectivity index (χ2v) is 9.18. The number of aromatic nitrogens is 3. The third kappa shape index (κ3) is 4.53. The molecule has 2 amide bonds. The lowest BCUT2D eigenvalue weighted by atomic mass is 9.98. The van der Waals surface area contributed by atoms with Crippen molar-refractivity contribution >= 4 is 40.0 Å². The molecule has 0 aromatic carbocycles. The van der Waals surface area contributed by atoms with E-state index in [2.05, 4.69) is 15.6 Å². The molecule has 1 atom stereocenters. The first kappa shape index (κ1) is 23.8. The van der Waals surface area contributed by atoms with Gasteiger partial charge in [0.05, 0.1) is 17.9 Å². The van der Waals surface area contributed by atoms with Crippen molar-refractivity contribution in [3.8, 4) is 5.13 Å². The van der Waals surface area contributed by atoms with Crippen LogP contribution < -0.4 is 21.0 Å². The first-order valence-corrected chi connectivity index (χ1v) is 12.0. The lowest BCUT2D eigenvalue weighted by Crippen LogP contribution is -2.55. The van der Waals surface area contributed by atoms with Gasteiger partial charge in [0, 0.05) is 50.6 Å². The van der Waals surface area contributed by atoms with Crippen LogP contribution in [0.1, 0.15) is 29.8 Å². The topological polar surface area (TPSA) is 118 Å². The van der Waals surface area contributed by atoms with E-state index in [0.717, 1.165) is 0 Å². The zero-order valence-corrected chi connectivity index (χ0v) is 20.4. The van der Waals surface area contributed by atoms with Gasteiger partial charge in [-0.1, -0.05) is 0 Å². The fraction of sp³-hybridized carbons (Fsp3) is 0.435. The summed E-state index contributed by atoms with van der Waals surface area (Å²) in [6.45, 7) is 7.82. The number of fused-ring (bicyclic) bond motifs is 1. The third-order valence-corrected chi connectivity index (χ3v) is 6.55. The quantitative estimate of drug-likeness (QED) is 0.497. The highest BCUT2D eigenvalue weighted by Gasteiger charge is 2.34. The van der Waals surface area contributed by atoms with E-state index in [-0.39, 0.29) is 28.9 Å². The monoisotopic (exact) mass is 484 g/mol. The molecule has 10 nitrogen and oxygen atoms in total. The Balaban J connectivity index is 1.64. The number of carbonyl (C=O) groups is 2. The number of carbonyl (C=O) groups excluding carboxylic acids is 2. The number of hydrogen-bond donors (Lipinski definition) is 2. The molecule has 11 heteroatoms. The van der Waals surface area contributed by atoms with Crippen LogP contribution in [-0.4, -0.2) is 65.7 Å². The summed E-state index contributed by atoms with van der Waals surface area (Å²) in [5, 5.41) is 8.30. The number of thiazole rings is 1. The number of amides is 2. The van der Waals surface area contributed by atoms with E-state index in [9.17, 15) is 14.4 Å². The van der Waals surface area contributed by atoms with E-state index in [0.29, 0.717) is 53.8 Å². The largest absolute Gasteiger partial charge is 0.380 e. The molecule has 1 fully saturated rings. The van der Waals surface area contributed by atoms with Crippen LogP contribution in [0.3, 0.4) is 0 Å². The first-order chi connectivity index (χ1) is 16.3. The number of aryl methyl sites for hydroxylation is 1. The lowest BCUT2D eigenvalue weighted by Gasteiger charge is -2.39. The molecule has 1 aliphatic heterocycles. The van der Waals surface area contributed by atoms with Gasteiger partial charge in [-0.2, -0.15) is 0 Å². The molecule has 0 bridgehead atoms. The van der Waals surface area contributed by atoms with Crippen molar-refractivity contribution in [2.24, 2.45) is 5.92 Å². The number of pyridine rings is 2. The minimum atomic E-state index is -0.462. The Kier molecular flexibility index (Phi) is 6.94. The number of anilines is 1. The minimum Gasteiger partial charge on any atom is -0.380 e. The molecule has 0 radical (unpaired) electrons. The summed E-state index contributed by atoms with van der Waals surface area (Å²) in [4.78, 5) is 49.2. The third-order valence-electron chi connectivity index (χ3n) is 5.78. The highest BCUT2D eigenvalue weighted by atomic mass is 32.1. The van der Waals surface area contributed by atoms with Crippen LogP contribution in [0.4, 0.5) is 5.82 Å². The second-order valence-electron chi connectivity index (χ2n) is 8.30. The number of nitrogens with zero attached hydrogens (tertiary/aromatic N) is 4. The molecule has 3 aromatic rings. The zero-order valence-electron chi connectivity index (χ0n) is 19.6. The van der Waals surface area contributed by atoms with E-state index in [1.165, 1.54) is 24.6 Å². The number of ether oxygens (including phenoxy) is 1. The highest BCUT2D eigenvalue weighted by Crippen LogP contribution is 2.28. The van der Waals surface area contributed by atoms with Gasteiger partial charge in [-0.25, -0.2) is 9.97 Å². The SMILES string of the molecule is CCOCC(C)NC(=O)C1CN(c2cc(C)c3c(=O)c(C(=O)NC)cn(-c4nccs4)c3n2)C1. The normalized spacial score (nSPS) is 14.6. The predicted octanol–water partition coefficient (Wildman–Crippen LogP) is 1.49. The summed E-state index contributed by atoms with van der Waals surface area (Å²) in [6, 6.07) is 1.78. The molecule has 34 heavy (non-hydrogen) atoms. The highest BCUT2D eigenvalue weighted by molar-refractivity contribution is 7.12. The molecule has 0 aliphatic carbocycles. The van der Waals surface area contributed by atoms with Gasteiger partial charge < -0.3 is 20.3 Å². The van der Waals surface area contributed by atoms with Crippen molar-refractivity contribution in [1.29, 1.82) is 0 Å². The Morgan fingerprint density at radius 1 is 1.35 bits per heavy atom. The molecular formula is C23H28N6O4S. The standard InChI is InChI=1S/C23H28N6O4S/c1-5-33-12-14(3)26-21(31)15-9-28(10-15)17-8-13(2)18-19(30)16(22(32)24-4)11-29(20(18)27-17)23-25-6-7-34-23/h6-8,11,14-15H,5,9-10,12H2,1-4H3,(H,24,32)(H,26,31). The molecule has 1 unspecified atom stereocenters. The average Bonchev–Trinajstić information content (AvgIpc) is 3.30. The Morgan fingerprint density at radius 3 is 2.76 bits per heavy atom. The molecule has 1 aliphatic rings. The lowest BCUT2D eigenvalue weighted by molar-refractivity contribution is -0.126. The Hall–Kier alpha value is -3.31. The number of rotatable bonds is 8. The molecule has 180 valence electrons. The molecule has 0 spiro atoms. The van der Waals surface area contributed by atoms with Gasteiger partial charge in [0.25, 0.3) is 5.91 Å². The maximum absolute atomic E-state index is 13.1. The maximum atomic E-state index is 13.1. The van der Waals surface area contributed by atoms with E-state index in [1.807, 2.05) is 37.1 Å². The fourth-order valence-electron chi connectivity index (χ4n) is 3.94. The smallest absolute Gasteiger partial charge is 0.256 e. The van der Waals surface area contributed by atoms with E-state index in [1.54, 1.807) is 10.8 Å². The molecule has 3 aromatic heterocycles. The van der Waals surface area contributed by atoms with Gasteiger partial charge in [0.2, 0.25) is 11.3 Å². The fourth-order valence-corrected chi connectivity index (χ4v) is 4.56. The molecule has 1 saturated heterocycles. The van der Waals surface area contributed by atoms with Gasteiger partial charge in [0.15, 0.2) is 10.8 Å². The summed E-state index contributed by atoms with van der Waals surface area (Å²) < 4.78 is 7.04. The molecular weight excluding hydrogens is 456 g/mol. The second kappa shape index (κ2) is 9.90. The van der Waals surface area contributed by atoms with Crippen LogP contribution >= 0.6 is 11.3 Å².